The summed E-state index contributed by atoms with van der Waals surface area (Å²) in [7, 11) is 0. The average molecular weight is 302 g/mol. The zero-order valence-corrected chi connectivity index (χ0v) is 12.7. The number of nitrogens with two attached hydrogens (primary N) is 1. The second kappa shape index (κ2) is 7.59. The Morgan fingerprint density at radius 2 is 2.20 bits per heavy atom. The second-order valence-electron chi connectivity index (χ2n) is 5.60. The van der Waals surface area contributed by atoms with E-state index in [1.807, 2.05) is 6.92 Å². The van der Waals surface area contributed by atoms with Crippen molar-refractivity contribution < 1.29 is 4.79 Å². The molecule has 0 bridgehead atoms. The number of aromatic amines is 1. The van der Waals surface area contributed by atoms with Crippen molar-refractivity contribution in [3.8, 4) is 0 Å². The second-order valence-corrected chi connectivity index (χ2v) is 5.60. The number of amides is 1. The van der Waals surface area contributed by atoms with E-state index < -0.39 is 0 Å². The Morgan fingerprint density at radius 3 is 2.75 bits per heavy atom. The van der Waals surface area contributed by atoms with Crippen molar-refractivity contribution in [2.24, 2.45) is 11.1 Å². The molecule has 1 amide bonds. The highest BCUT2D eigenvalue weighted by Crippen LogP contribution is 2.38. The fraction of sp³-hybridized carbons (Fsp3) is 0.769. The number of hydrogen-bond donors (Lipinski definition) is 3. The largest absolute Gasteiger partial charge is 0.346 e. The molecule has 1 atom stereocenters. The molecule has 0 aliphatic heterocycles. The number of rotatable bonds is 5. The van der Waals surface area contributed by atoms with Crippen LogP contribution in [0, 0.1) is 5.41 Å². The Kier molecular flexibility index (Phi) is 6.42. The molecule has 1 fully saturated rings. The van der Waals surface area contributed by atoms with Gasteiger partial charge in [0.05, 0.1) is 6.04 Å². The molecule has 7 heteroatoms. The molecule has 114 valence electrons. The molecule has 1 aromatic heterocycles. The zero-order valence-electron chi connectivity index (χ0n) is 11.9. The van der Waals surface area contributed by atoms with Gasteiger partial charge in [0.25, 0.3) is 0 Å². The number of carbonyl (C=O) groups excluding carboxylic acids is 1. The van der Waals surface area contributed by atoms with Crippen LogP contribution in [0.4, 0.5) is 0 Å². The van der Waals surface area contributed by atoms with E-state index in [4.69, 9.17) is 5.73 Å². The van der Waals surface area contributed by atoms with Gasteiger partial charge in [-0.2, -0.15) is 5.10 Å². The van der Waals surface area contributed by atoms with E-state index in [1.165, 1.54) is 25.6 Å². The highest BCUT2D eigenvalue weighted by molar-refractivity contribution is 5.85. The van der Waals surface area contributed by atoms with Gasteiger partial charge in [0.15, 0.2) is 0 Å². The van der Waals surface area contributed by atoms with E-state index in [0.717, 1.165) is 12.8 Å². The van der Waals surface area contributed by atoms with Gasteiger partial charge in [-0.15, -0.1) is 12.4 Å². The lowest BCUT2D eigenvalue weighted by Gasteiger charge is -2.35. The summed E-state index contributed by atoms with van der Waals surface area (Å²) in [6.45, 7) is 2.49. The number of aromatic nitrogens is 3. The first-order valence-electron chi connectivity index (χ1n) is 7.00. The number of carbonyl (C=O) groups is 1. The van der Waals surface area contributed by atoms with Gasteiger partial charge in [0, 0.05) is 6.42 Å². The van der Waals surface area contributed by atoms with Crippen molar-refractivity contribution in [3.05, 3.63) is 12.2 Å². The van der Waals surface area contributed by atoms with Crippen molar-refractivity contribution in [1.29, 1.82) is 0 Å². The fourth-order valence-electron chi connectivity index (χ4n) is 2.88. The van der Waals surface area contributed by atoms with Gasteiger partial charge in [-0.1, -0.05) is 19.3 Å². The molecule has 0 radical (unpaired) electrons. The molecule has 1 heterocycles. The van der Waals surface area contributed by atoms with Crippen LogP contribution in [0.3, 0.4) is 0 Å². The monoisotopic (exact) mass is 301 g/mol. The van der Waals surface area contributed by atoms with Crippen molar-refractivity contribution >= 4 is 18.3 Å². The van der Waals surface area contributed by atoms with Crippen molar-refractivity contribution in [2.75, 3.05) is 6.54 Å². The van der Waals surface area contributed by atoms with Gasteiger partial charge >= 0.3 is 0 Å². The third-order valence-electron chi connectivity index (χ3n) is 4.10. The predicted molar refractivity (Wildman–Crippen MR) is 79.4 cm³/mol. The van der Waals surface area contributed by atoms with Gasteiger partial charge in [-0.25, -0.2) is 4.98 Å². The summed E-state index contributed by atoms with van der Waals surface area (Å²) in [5, 5.41) is 9.52. The number of halogens is 1. The lowest BCUT2D eigenvalue weighted by Crippen LogP contribution is -2.39. The van der Waals surface area contributed by atoms with Gasteiger partial charge in [0.2, 0.25) is 5.91 Å². The number of hydrogen-bond acceptors (Lipinski definition) is 4. The lowest BCUT2D eigenvalue weighted by molar-refractivity contribution is -0.124. The minimum atomic E-state index is -0.145. The van der Waals surface area contributed by atoms with Crippen LogP contribution >= 0.6 is 12.4 Å². The summed E-state index contributed by atoms with van der Waals surface area (Å²) in [4.78, 5) is 16.2. The van der Waals surface area contributed by atoms with Crippen LogP contribution in [0.25, 0.3) is 0 Å². The Balaban J connectivity index is 0.00000200. The smallest absolute Gasteiger partial charge is 0.221 e. The van der Waals surface area contributed by atoms with Crippen LogP contribution < -0.4 is 11.1 Å². The maximum Gasteiger partial charge on any atom is 0.221 e. The summed E-state index contributed by atoms with van der Waals surface area (Å²) in [6, 6.07) is -0.145. The normalized spacial score (nSPS) is 18.9. The molecule has 1 aliphatic rings. The van der Waals surface area contributed by atoms with E-state index in [2.05, 4.69) is 20.5 Å². The van der Waals surface area contributed by atoms with Crippen LogP contribution in [0.2, 0.25) is 0 Å². The molecule has 4 N–H and O–H groups in total. The maximum atomic E-state index is 12.2. The number of nitrogens with one attached hydrogen (secondary N) is 2. The molecule has 1 aromatic rings. The summed E-state index contributed by atoms with van der Waals surface area (Å²) in [5.41, 5.74) is 5.91. The fourth-order valence-corrected chi connectivity index (χ4v) is 2.88. The molecule has 0 aromatic carbocycles. The molecule has 20 heavy (non-hydrogen) atoms. The summed E-state index contributed by atoms with van der Waals surface area (Å²) in [6.07, 6.45) is 7.71. The van der Waals surface area contributed by atoms with E-state index in [9.17, 15) is 4.79 Å². The van der Waals surface area contributed by atoms with E-state index in [-0.39, 0.29) is 29.8 Å². The Hall–Kier alpha value is -1.14. The predicted octanol–water partition coefficient (Wildman–Crippen LogP) is 1.70. The first-order valence-corrected chi connectivity index (χ1v) is 7.00. The van der Waals surface area contributed by atoms with Gasteiger partial charge < -0.3 is 11.1 Å². The first-order chi connectivity index (χ1) is 9.15. The Bertz CT molecular complexity index is 403. The van der Waals surface area contributed by atoms with E-state index in [0.29, 0.717) is 18.8 Å². The minimum Gasteiger partial charge on any atom is -0.346 e. The van der Waals surface area contributed by atoms with E-state index in [1.54, 1.807) is 0 Å². The molecular formula is C13H24ClN5O. The number of H-pyrrole nitrogens is 1. The van der Waals surface area contributed by atoms with Crippen molar-refractivity contribution in [2.45, 2.75) is 51.5 Å². The van der Waals surface area contributed by atoms with Crippen molar-refractivity contribution in [3.63, 3.8) is 0 Å². The summed E-state index contributed by atoms with van der Waals surface area (Å²) < 4.78 is 0. The topological polar surface area (TPSA) is 96.7 Å². The van der Waals surface area contributed by atoms with Crippen LogP contribution in [0.15, 0.2) is 6.33 Å². The molecular weight excluding hydrogens is 278 g/mol. The highest BCUT2D eigenvalue weighted by Gasteiger charge is 2.33. The molecule has 6 nitrogen and oxygen atoms in total. The minimum absolute atomic E-state index is 0. The van der Waals surface area contributed by atoms with Gasteiger partial charge in [-0.05, 0) is 31.7 Å². The molecule has 0 saturated heterocycles. The quantitative estimate of drug-likeness (QED) is 0.771. The molecule has 1 aliphatic carbocycles. The Morgan fingerprint density at radius 1 is 1.50 bits per heavy atom. The van der Waals surface area contributed by atoms with Gasteiger partial charge in [0.1, 0.15) is 12.2 Å². The molecule has 2 rings (SSSR count). The highest BCUT2D eigenvalue weighted by atomic mass is 35.5. The number of nitrogens with zero attached hydrogens (tertiary/aromatic N) is 2. The third-order valence-corrected chi connectivity index (χ3v) is 4.10. The average Bonchev–Trinajstić information content (AvgIpc) is 2.93. The molecule has 1 unspecified atom stereocenters. The SMILES string of the molecule is CC(NC(=O)CC1(CN)CCCCC1)c1ncn[nH]1.Cl. The zero-order chi connectivity index (χ0) is 13.7. The molecule has 1 saturated carbocycles. The van der Waals surface area contributed by atoms with Crippen LogP contribution in [-0.4, -0.2) is 27.6 Å². The standard InChI is InChI=1S/C13H23N5O.ClH/c1-10(12-15-9-16-18-12)17-11(19)7-13(8-14)5-3-2-4-6-13;/h9-10H,2-8,14H2,1H3,(H,17,19)(H,15,16,18);1H. The van der Waals surface area contributed by atoms with Crippen LogP contribution in [0.5, 0.6) is 0 Å². The third kappa shape index (κ3) is 4.18. The molecule has 0 spiro atoms. The lowest BCUT2D eigenvalue weighted by atomic mass is 9.71. The van der Waals surface area contributed by atoms with Crippen LogP contribution in [0.1, 0.15) is 57.3 Å². The van der Waals surface area contributed by atoms with Gasteiger partial charge in [-0.3, -0.25) is 9.89 Å². The summed E-state index contributed by atoms with van der Waals surface area (Å²) >= 11 is 0. The van der Waals surface area contributed by atoms with Crippen LogP contribution in [-0.2, 0) is 4.79 Å². The Labute approximate surface area is 125 Å². The maximum absolute atomic E-state index is 12.2. The summed E-state index contributed by atoms with van der Waals surface area (Å²) in [5.74, 6) is 0.732. The van der Waals surface area contributed by atoms with Crippen molar-refractivity contribution in [1.82, 2.24) is 20.5 Å². The first kappa shape index (κ1) is 16.9. The van der Waals surface area contributed by atoms with E-state index >= 15 is 0 Å².